The summed E-state index contributed by atoms with van der Waals surface area (Å²) in [7, 11) is 1.58. The van der Waals surface area contributed by atoms with Gasteiger partial charge in [0, 0.05) is 16.8 Å². The highest BCUT2D eigenvalue weighted by molar-refractivity contribution is 9.10. The van der Waals surface area contributed by atoms with Gasteiger partial charge in [0.15, 0.2) is 11.5 Å². The Hall–Kier alpha value is -2.76. The SMILES string of the molecule is COc1cc(/C=C/C(=O)Nc2cccc(Cl)c2C)cc(Br)c1OCc1ccccc1. The van der Waals surface area contributed by atoms with E-state index in [1.807, 2.05) is 55.5 Å². The maximum absolute atomic E-state index is 12.3. The molecule has 0 fully saturated rings. The van der Waals surface area contributed by atoms with Gasteiger partial charge in [0.05, 0.1) is 11.6 Å². The van der Waals surface area contributed by atoms with Gasteiger partial charge in [-0.1, -0.05) is 48.0 Å². The zero-order valence-corrected chi connectivity index (χ0v) is 19.0. The average molecular weight is 487 g/mol. The summed E-state index contributed by atoms with van der Waals surface area (Å²) in [4.78, 5) is 12.3. The number of hydrogen-bond acceptors (Lipinski definition) is 3. The monoisotopic (exact) mass is 485 g/mol. The standard InChI is InChI=1S/C24H21BrClNO3/c1-16-20(26)9-6-10-21(16)27-23(28)12-11-18-13-19(25)24(22(14-18)29-2)30-15-17-7-4-3-5-8-17/h3-14H,15H2,1-2H3,(H,27,28)/b12-11+. The molecule has 30 heavy (non-hydrogen) atoms. The predicted molar refractivity (Wildman–Crippen MR) is 125 cm³/mol. The van der Waals surface area contributed by atoms with Crippen LogP contribution in [-0.2, 0) is 11.4 Å². The summed E-state index contributed by atoms with van der Waals surface area (Å²) in [5.41, 5.74) is 3.36. The van der Waals surface area contributed by atoms with E-state index < -0.39 is 0 Å². The summed E-state index contributed by atoms with van der Waals surface area (Å²) < 4.78 is 12.2. The van der Waals surface area contributed by atoms with Crippen molar-refractivity contribution in [1.82, 2.24) is 0 Å². The summed E-state index contributed by atoms with van der Waals surface area (Å²) >= 11 is 9.64. The van der Waals surface area contributed by atoms with Gasteiger partial charge in [0.25, 0.3) is 0 Å². The van der Waals surface area contributed by atoms with E-state index in [2.05, 4.69) is 21.2 Å². The molecule has 154 valence electrons. The Balaban J connectivity index is 1.72. The van der Waals surface area contributed by atoms with E-state index in [0.29, 0.717) is 28.8 Å². The highest BCUT2D eigenvalue weighted by Crippen LogP contribution is 2.37. The lowest BCUT2D eigenvalue weighted by Gasteiger charge is -2.13. The molecule has 3 aromatic rings. The second-order valence-corrected chi connectivity index (χ2v) is 7.80. The summed E-state index contributed by atoms with van der Waals surface area (Å²) in [5, 5.41) is 3.44. The van der Waals surface area contributed by atoms with Crippen molar-refractivity contribution in [3.63, 3.8) is 0 Å². The van der Waals surface area contributed by atoms with Crippen molar-refractivity contribution in [1.29, 1.82) is 0 Å². The van der Waals surface area contributed by atoms with Gasteiger partial charge >= 0.3 is 0 Å². The Kier molecular flexibility index (Phi) is 7.55. The minimum Gasteiger partial charge on any atom is -0.493 e. The molecule has 0 aromatic heterocycles. The predicted octanol–water partition coefficient (Wildman–Crippen LogP) is 6.65. The zero-order chi connectivity index (χ0) is 21.5. The van der Waals surface area contributed by atoms with Crippen LogP contribution in [0.1, 0.15) is 16.7 Å². The molecule has 0 aliphatic rings. The minimum atomic E-state index is -0.250. The van der Waals surface area contributed by atoms with E-state index in [1.54, 1.807) is 25.3 Å². The van der Waals surface area contributed by atoms with Crippen molar-refractivity contribution in [2.45, 2.75) is 13.5 Å². The molecular formula is C24H21BrClNO3. The molecule has 0 aliphatic carbocycles. The van der Waals surface area contributed by atoms with Crippen LogP contribution in [0.15, 0.2) is 71.2 Å². The number of hydrogen-bond donors (Lipinski definition) is 1. The van der Waals surface area contributed by atoms with Gasteiger partial charge in [-0.25, -0.2) is 0 Å². The van der Waals surface area contributed by atoms with E-state index in [1.165, 1.54) is 6.08 Å². The first-order valence-electron chi connectivity index (χ1n) is 9.26. The van der Waals surface area contributed by atoms with Gasteiger partial charge in [0.1, 0.15) is 6.61 Å². The van der Waals surface area contributed by atoms with Crippen LogP contribution in [0.3, 0.4) is 0 Å². The van der Waals surface area contributed by atoms with E-state index in [4.69, 9.17) is 21.1 Å². The van der Waals surface area contributed by atoms with Crippen LogP contribution in [0, 0.1) is 6.92 Å². The highest BCUT2D eigenvalue weighted by Gasteiger charge is 2.12. The van der Waals surface area contributed by atoms with Crippen LogP contribution < -0.4 is 14.8 Å². The maximum Gasteiger partial charge on any atom is 0.248 e. The van der Waals surface area contributed by atoms with Crippen LogP contribution in [0.25, 0.3) is 6.08 Å². The van der Waals surface area contributed by atoms with E-state index in [-0.39, 0.29) is 5.91 Å². The second-order valence-electron chi connectivity index (χ2n) is 6.54. The average Bonchev–Trinajstić information content (AvgIpc) is 2.75. The number of ether oxygens (including phenoxy) is 2. The first kappa shape index (κ1) is 21.9. The Bertz CT molecular complexity index is 1070. The fourth-order valence-electron chi connectivity index (χ4n) is 2.80. The van der Waals surface area contributed by atoms with Gasteiger partial charge in [-0.3, -0.25) is 4.79 Å². The lowest BCUT2D eigenvalue weighted by Crippen LogP contribution is -2.09. The Morgan fingerprint density at radius 3 is 2.63 bits per heavy atom. The number of benzene rings is 3. The smallest absolute Gasteiger partial charge is 0.248 e. The normalized spacial score (nSPS) is 10.8. The molecule has 0 unspecified atom stereocenters. The molecule has 0 saturated heterocycles. The van der Waals surface area contributed by atoms with E-state index in [0.717, 1.165) is 21.2 Å². The quantitative estimate of drug-likeness (QED) is 0.380. The topological polar surface area (TPSA) is 47.6 Å². The fourth-order valence-corrected chi connectivity index (χ4v) is 3.54. The van der Waals surface area contributed by atoms with Gasteiger partial charge in [-0.05, 0) is 69.9 Å². The van der Waals surface area contributed by atoms with Gasteiger partial charge in [0.2, 0.25) is 5.91 Å². The third-order valence-electron chi connectivity index (χ3n) is 4.43. The fraction of sp³-hybridized carbons (Fsp3) is 0.125. The number of amides is 1. The molecule has 0 bridgehead atoms. The second kappa shape index (κ2) is 10.3. The van der Waals surface area contributed by atoms with E-state index in [9.17, 15) is 4.79 Å². The molecular weight excluding hydrogens is 466 g/mol. The van der Waals surface area contributed by atoms with Crippen LogP contribution >= 0.6 is 27.5 Å². The van der Waals surface area contributed by atoms with Crippen molar-refractivity contribution in [2.24, 2.45) is 0 Å². The van der Waals surface area contributed by atoms with Crippen LogP contribution in [0.2, 0.25) is 5.02 Å². The summed E-state index contributed by atoms with van der Waals surface area (Å²) in [6.45, 7) is 2.28. The third kappa shape index (κ3) is 5.65. The van der Waals surface area contributed by atoms with Crippen LogP contribution in [0.4, 0.5) is 5.69 Å². The van der Waals surface area contributed by atoms with Gasteiger partial charge in [-0.2, -0.15) is 0 Å². The number of halogens is 2. The van der Waals surface area contributed by atoms with Crippen molar-refractivity contribution in [3.05, 3.63) is 92.9 Å². The molecule has 0 aliphatic heterocycles. The summed E-state index contributed by atoms with van der Waals surface area (Å²) in [6.07, 6.45) is 3.18. The Labute approximate surface area is 189 Å². The summed E-state index contributed by atoms with van der Waals surface area (Å²) in [6, 6.07) is 19.0. The zero-order valence-electron chi connectivity index (χ0n) is 16.6. The number of carbonyl (C=O) groups is 1. The molecule has 1 amide bonds. The Morgan fingerprint density at radius 1 is 1.13 bits per heavy atom. The van der Waals surface area contributed by atoms with Crippen molar-refractivity contribution in [2.75, 3.05) is 12.4 Å². The molecule has 0 heterocycles. The van der Waals surface area contributed by atoms with Gasteiger partial charge < -0.3 is 14.8 Å². The third-order valence-corrected chi connectivity index (χ3v) is 5.43. The maximum atomic E-state index is 12.3. The van der Waals surface area contributed by atoms with Crippen molar-refractivity contribution >= 4 is 45.2 Å². The molecule has 3 aromatic carbocycles. The molecule has 4 nitrogen and oxygen atoms in total. The van der Waals surface area contributed by atoms with E-state index >= 15 is 0 Å². The molecule has 6 heteroatoms. The molecule has 0 spiro atoms. The number of anilines is 1. The molecule has 3 rings (SSSR count). The molecule has 0 radical (unpaired) electrons. The van der Waals surface area contributed by atoms with Crippen LogP contribution in [0.5, 0.6) is 11.5 Å². The van der Waals surface area contributed by atoms with Crippen molar-refractivity contribution in [3.8, 4) is 11.5 Å². The number of carbonyl (C=O) groups excluding carboxylic acids is 1. The first-order valence-corrected chi connectivity index (χ1v) is 10.4. The summed E-state index contributed by atoms with van der Waals surface area (Å²) in [5.74, 6) is 0.934. The minimum absolute atomic E-state index is 0.250. The first-order chi connectivity index (χ1) is 14.5. The number of rotatable bonds is 7. The number of nitrogens with one attached hydrogen (secondary N) is 1. The van der Waals surface area contributed by atoms with Gasteiger partial charge in [-0.15, -0.1) is 0 Å². The Morgan fingerprint density at radius 2 is 1.90 bits per heavy atom. The largest absolute Gasteiger partial charge is 0.493 e. The lowest BCUT2D eigenvalue weighted by atomic mass is 10.1. The lowest BCUT2D eigenvalue weighted by molar-refractivity contribution is -0.111. The molecule has 0 atom stereocenters. The molecule has 1 N–H and O–H groups in total. The van der Waals surface area contributed by atoms with Crippen LogP contribution in [-0.4, -0.2) is 13.0 Å². The highest BCUT2D eigenvalue weighted by atomic mass is 79.9. The number of methoxy groups -OCH3 is 1. The van der Waals surface area contributed by atoms with Crippen molar-refractivity contribution < 1.29 is 14.3 Å². The molecule has 0 saturated carbocycles.